The van der Waals surface area contributed by atoms with Crippen LogP contribution in [0.3, 0.4) is 0 Å². The van der Waals surface area contributed by atoms with Crippen LogP contribution in [0.15, 0.2) is 52.4 Å². The van der Waals surface area contributed by atoms with E-state index in [2.05, 4.69) is 4.98 Å². The van der Waals surface area contributed by atoms with E-state index in [1.165, 1.54) is 0 Å². The van der Waals surface area contributed by atoms with Crippen LogP contribution < -0.4 is 9.47 Å². The van der Waals surface area contributed by atoms with E-state index in [1.807, 2.05) is 6.92 Å². The number of aromatic nitrogens is 1. The lowest BCUT2D eigenvalue weighted by atomic mass is 10.1. The predicted octanol–water partition coefficient (Wildman–Crippen LogP) is 3.70. The number of aryl methyl sites for hydroxylation is 2. The third-order valence-electron chi connectivity index (χ3n) is 4.11. The number of hydrogen-bond donors (Lipinski definition) is 0. The quantitative estimate of drug-likeness (QED) is 0.712. The highest BCUT2D eigenvalue weighted by Gasteiger charge is 2.21. The maximum absolute atomic E-state index is 12.9. The van der Waals surface area contributed by atoms with E-state index in [9.17, 15) is 8.42 Å². The van der Waals surface area contributed by atoms with Gasteiger partial charge in [0.15, 0.2) is 16.5 Å². The molecule has 0 saturated heterocycles. The second kappa shape index (κ2) is 6.37. The van der Waals surface area contributed by atoms with Gasteiger partial charge in [-0.3, -0.25) is 0 Å². The Kier molecular flexibility index (Phi) is 4.39. The van der Waals surface area contributed by atoms with Gasteiger partial charge in [0.05, 0.1) is 19.1 Å². The molecule has 0 unspecified atom stereocenters. The summed E-state index contributed by atoms with van der Waals surface area (Å²) >= 11 is 0. The number of sulfone groups is 1. The first-order valence-electron chi connectivity index (χ1n) is 7.72. The molecule has 3 rings (SSSR count). The van der Waals surface area contributed by atoms with E-state index in [-0.39, 0.29) is 9.92 Å². The molecule has 0 aliphatic heterocycles. The van der Waals surface area contributed by atoms with Crippen LogP contribution in [-0.2, 0) is 9.84 Å². The van der Waals surface area contributed by atoms with Gasteiger partial charge in [-0.15, -0.1) is 0 Å². The fraction of sp³-hybridized carbons (Fsp3) is 0.211. The predicted molar refractivity (Wildman–Crippen MR) is 96.2 cm³/mol. The van der Waals surface area contributed by atoms with Crippen LogP contribution in [0.2, 0.25) is 0 Å². The van der Waals surface area contributed by atoms with Crippen LogP contribution in [-0.4, -0.2) is 27.6 Å². The topological polar surface area (TPSA) is 65.5 Å². The summed E-state index contributed by atoms with van der Waals surface area (Å²) in [5.74, 6) is 1.12. The minimum absolute atomic E-state index is 0.0218. The summed E-state index contributed by atoms with van der Waals surface area (Å²) < 4.78 is 36.4. The van der Waals surface area contributed by atoms with Gasteiger partial charge in [0, 0.05) is 11.1 Å². The van der Waals surface area contributed by atoms with Gasteiger partial charge in [0.1, 0.15) is 0 Å². The third-order valence-corrected chi connectivity index (χ3v) is 5.76. The van der Waals surface area contributed by atoms with Gasteiger partial charge < -0.3 is 9.47 Å². The highest BCUT2D eigenvalue weighted by atomic mass is 32.2. The van der Waals surface area contributed by atoms with Crippen molar-refractivity contribution in [3.8, 4) is 11.5 Å². The monoisotopic (exact) mass is 357 g/mol. The number of pyridine rings is 1. The molecule has 0 fully saturated rings. The molecule has 2 aromatic carbocycles. The lowest BCUT2D eigenvalue weighted by Crippen LogP contribution is -2.06. The lowest BCUT2D eigenvalue weighted by Gasteiger charge is -2.12. The zero-order chi connectivity index (χ0) is 18.2. The fourth-order valence-corrected chi connectivity index (χ4v) is 3.97. The Morgan fingerprint density at radius 2 is 1.48 bits per heavy atom. The van der Waals surface area contributed by atoms with Gasteiger partial charge in [0.2, 0.25) is 9.84 Å². The summed E-state index contributed by atoms with van der Waals surface area (Å²) in [7, 11) is -0.587. The molecule has 1 heterocycles. The molecule has 0 saturated carbocycles. The first-order chi connectivity index (χ1) is 11.9. The third kappa shape index (κ3) is 3.05. The van der Waals surface area contributed by atoms with Crippen LogP contribution in [0.4, 0.5) is 0 Å². The van der Waals surface area contributed by atoms with Crippen molar-refractivity contribution < 1.29 is 17.9 Å². The van der Waals surface area contributed by atoms with Gasteiger partial charge in [-0.1, -0.05) is 17.7 Å². The Labute approximate surface area is 147 Å². The Morgan fingerprint density at radius 1 is 0.880 bits per heavy atom. The van der Waals surface area contributed by atoms with E-state index in [1.54, 1.807) is 63.6 Å². The number of fused-ring (bicyclic) bond motifs is 1. The van der Waals surface area contributed by atoms with Crippen LogP contribution in [0.25, 0.3) is 10.8 Å². The first-order valence-corrected chi connectivity index (χ1v) is 9.20. The number of rotatable bonds is 4. The van der Waals surface area contributed by atoms with Crippen LogP contribution >= 0.6 is 0 Å². The van der Waals surface area contributed by atoms with E-state index in [0.29, 0.717) is 17.2 Å². The van der Waals surface area contributed by atoms with Gasteiger partial charge in [-0.2, -0.15) is 0 Å². The fourth-order valence-electron chi connectivity index (χ4n) is 2.69. The molecule has 0 amide bonds. The Hall–Kier alpha value is -2.60. The maximum Gasteiger partial charge on any atom is 0.223 e. The standard InChI is InChI=1S/C19H19NO4S/c1-12-5-7-15(8-6-12)25(21,22)19-10-14-9-17(23-3)18(24-4)11-16(14)13(2)20-19/h5-11H,1-4H3. The summed E-state index contributed by atoms with van der Waals surface area (Å²) in [6, 6.07) is 11.9. The van der Waals surface area contributed by atoms with Crippen LogP contribution in [0, 0.1) is 13.8 Å². The molecule has 0 spiro atoms. The molecule has 0 aliphatic rings. The molecule has 0 N–H and O–H groups in total. The van der Waals surface area contributed by atoms with E-state index < -0.39 is 9.84 Å². The highest BCUT2D eigenvalue weighted by molar-refractivity contribution is 7.91. The van der Waals surface area contributed by atoms with Crippen molar-refractivity contribution in [1.29, 1.82) is 0 Å². The highest BCUT2D eigenvalue weighted by Crippen LogP contribution is 2.34. The molecule has 0 atom stereocenters. The SMILES string of the molecule is COc1cc2cc(S(=O)(=O)c3ccc(C)cc3)nc(C)c2cc1OC. The normalized spacial score (nSPS) is 11.5. The van der Waals surface area contributed by atoms with Crippen molar-refractivity contribution in [2.24, 2.45) is 0 Å². The average Bonchev–Trinajstić information content (AvgIpc) is 2.60. The molecule has 130 valence electrons. The number of ether oxygens (including phenoxy) is 2. The number of methoxy groups -OCH3 is 2. The molecule has 0 radical (unpaired) electrons. The summed E-state index contributed by atoms with van der Waals surface area (Å²) in [6.07, 6.45) is 0. The minimum Gasteiger partial charge on any atom is -0.493 e. The molecule has 3 aromatic rings. The minimum atomic E-state index is -3.69. The Morgan fingerprint density at radius 3 is 2.08 bits per heavy atom. The van der Waals surface area contributed by atoms with E-state index in [0.717, 1.165) is 16.3 Å². The molecule has 6 heteroatoms. The van der Waals surface area contributed by atoms with E-state index in [4.69, 9.17) is 9.47 Å². The molecule has 25 heavy (non-hydrogen) atoms. The summed E-state index contributed by atoms with van der Waals surface area (Å²) in [5, 5.41) is 1.57. The molecule has 0 aliphatic carbocycles. The second-order valence-electron chi connectivity index (χ2n) is 5.79. The molecular formula is C19H19NO4S. The summed E-state index contributed by atoms with van der Waals surface area (Å²) in [5.41, 5.74) is 1.61. The summed E-state index contributed by atoms with van der Waals surface area (Å²) in [4.78, 5) is 4.55. The Bertz CT molecular complexity index is 1040. The van der Waals surface area contributed by atoms with Crippen molar-refractivity contribution >= 4 is 20.6 Å². The second-order valence-corrected chi connectivity index (χ2v) is 7.69. The van der Waals surface area contributed by atoms with E-state index >= 15 is 0 Å². The molecule has 0 bridgehead atoms. The van der Waals surface area contributed by atoms with Crippen molar-refractivity contribution in [3.05, 3.63) is 53.7 Å². The Balaban J connectivity index is 2.22. The average molecular weight is 357 g/mol. The number of hydrogen-bond acceptors (Lipinski definition) is 5. The maximum atomic E-state index is 12.9. The van der Waals surface area contributed by atoms with Crippen molar-refractivity contribution in [1.82, 2.24) is 4.98 Å². The van der Waals surface area contributed by atoms with Gasteiger partial charge in [0.25, 0.3) is 0 Å². The van der Waals surface area contributed by atoms with Crippen LogP contribution in [0.5, 0.6) is 11.5 Å². The van der Waals surface area contributed by atoms with Crippen LogP contribution in [0.1, 0.15) is 11.3 Å². The summed E-state index contributed by atoms with van der Waals surface area (Å²) in [6.45, 7) is 3.69. The van der Waals surface area contributed by atoms with Gasteiger partial charge >= 0.3 is 0 Å². The first kappa shape index (κ1) is 17.2. The van der Waals surface area contributed by atoms with Crippen molar-refractivity contribution in [2.45, 2.75) is 23.8 Å². The lowest BCUT2D eigenvalue weighted by molar-refractivity contribution is 0.356. The zero-order valence-electron chi connectivity index (χ0n) is 14.5. The molecule has 1 aromatic heterocycles. The molecule has 5 nitrogen and oxygen atoms in total. The zero-order valence-corrected chi connectivity index (χ0v) is 15.3. The largest absolute Gasteiger partial charge is 0.493 e. The molecular weight excluding hydrogens is 338 g/mol. The van der Waals surface area contributed by atoms with Crippen molar-refractivity contribution in [2.75, 3.05) is 14.2 Å². The number of nitrogens with zero attached hydrogens (tertiary/aromatic N) is 1. The smallest absolute Gasteiger partial charge is 0.223 e. The number of benzene rings is 2. The van der Waals surface area contributed by atoms with Crippen molar-refractivity contribution in [3.63, 3.8) is 0 Å². The van der Waals surface area contributed by atoms with Gasteiger partial charge in [-0.05, 0) is 49.6 Å². The van der Waals surface area contributed by atoms with Gasteiger partial charge in [-0.25, -0.2) is 13.4 Å².